The van der Waals surface area contributed by atoms with Crippen molar-refractivity contribution in [3.8, 4) is 0 Å². The van der Waals surface area contributed by atoms with Crippen molar-refractivity contribution in [2.45, 2.75) is 32.2 Å². The molecule has 1 amide bonds. The highest BCUT2D eigenvalue weighted by molar-refractivity contribution is 9.10. The van der Waals surface area contributed by atoms with Crippen LogP contribution in [-0.4, -0.2) is 23.2 Å². The highest BCUT2D eigenvalue weighted by Gasteiger charge is 2.27. The summed E-state index contributed by atoms with van der Waals surface area (Å²) >= 11 is 3.33. The molecule has 0 spiro atoms. The molecule has 94 valence electrons. The second-order valence-corrected chi connectivity index (χ2v) is 5.02. The minimum atomic E-state index is -0.510. The van der Waals surface area contributed by atoms with E-state index in [4.69, 9.17) is 0 Å². The van der Waals surface area contributed by atoms with Gasteiger partial charge in [-0.3, -0.25) is 4.79 Å². The van der Waals surface area contributed by atoms with E-state index in [-0.39, 0.29) is 12.5 Å². The van der Waals surface area contributed by atoms with Gasteiger partial charge in [-0.05, 0) is 37.1 Å². The molecule has 1 aromatic rings. The number of aliphatic hydroxyl groups is 1. The van der Waals surface area contributed by atoms with Crippen molar-refractivity contribution >= 4 is 21.8 Å². The number of rotatable bonds is 5. The van der Waals surface area contributed by atoms with Gasteiger partial charge in [-0.2, -0.15) is 0 Å². The molecule has 0 aromatic heterocycles. The monoisotopic (exact) mass is 299 g/mol. The molecular formula is C13H18BrNO2. The summed E-state index contributed by atoms with van der Waals surface area (Å²) < 4.78 is 0.938. The smallest absolute Gasteiger partial charge is 0.251 e. The number of carbonyl (C=O) groups is 1. The number of benzene rings is 1. The average Bonchev–Trinajstić information content (AvgIpc) is 2.37. The number of aliphatic hydroxyl groups excluding tert-OH is 1. The third-order valence-corrected chi connectivity index (χ3v) is 3.67. The molecule has 4 heteroatoms. The lowest BCUT2D eigenvalue weighted by Gasteiger charge is -2.30. The fourth-order valence-electron chi connectivity index (χ4n) is 1.60. The number of halogens is 1. The summed E-state index contributed by atoms with van der Waals surface area (Å²) in [5.41, 5.74) is 0.0948. The Morgan fingerprint density at radius 1 is 1.29 bits per heavy atom. The quantitative estimate of drug-likeness (QED) is 0.878. The van der Waals surface area contributed by atoms with Crippen molar-refractivity contribution in [1.82, 2.24) is 5.32 Å². The van der Waals surface area contributed by atoms with E-state index in [0.29, 0.717) is 18.4 Å². The van der Waals surface area contributed by atoms with Crippen LogP contribution in [0.5, 0.6) is 0 Å². The van der Waals surface area contributed by atoms with Crippen molar-refractivity contribution in [2.24, 2.45) is 0 Å². The minimum absolute atomic E-state index is 0.0394. The van der Waals surface area contributed by atoms with Gasteiger partial charge in [0, 0.05) is 10.0 Å². The topological polar surface area (TPSA) is 49.3 Å². The van der Waals surface area contributed by atoms with Crippen LogP contribution in [0, 0.1) is 0 Å². The van der Waals surface area contributed by atoms with Gasteiger partial charge in [0.05, 0.1) is 12.1 Å². The largest absolute Gasteiger partial charge is 0.394 e. The van der Waals surface area contributed by atoms with Crippen LogP contribution in [0.2, 0.25) is 0 Å². The van der Waals surface area contributed by atoms with Gasteiger partial charge >= 0.3 is 0 Å². The Balaban J connectivity index is 2.81. The molecule has 0 bridgehead atoms. The molecule has 3 nitrogen and oxygen atoms in total. The lowest BCUT2D eigenvalue weighted by Crippen LogP contribution is -2.50. The van der Waals surface area contributed by atoms with Crippen LogP contribution in [0.1, 0.15) is 37.0 Å². The van der Waals surface area contributed by atoms with E-state index in [1.807, 2.05) is 26.0 Å². The van der Waals surface area contributed by atoms with Crippen LogP contribution >= 0.6 is 15.9 Å². The normalized spacial score (nSPS) is 11.3. The molecule has 0 aliphatic carbocycles. The van der Waals surface area contributed by atoms with Crippen LogP contribution < -0.4 is 5.32 Å². The van der Waals surface area contributed by atoms with Crippen LogP contribution in [0.15, 0.2) is 28.7 Å². The van der Waals surface area contributed by atoms with E-state index in [1.54, 1.807) is 12.1 Å². The van der Waals surface area contributed by atoms with Gasteiger partial charge in [0.25, 0.3) is 5.91 Å². The molecule has 0 saturated carbocycles. The van der Waals surface area contributed by atoms with Gasteiger partial charge in [0.1, 0.15) is 0 Å². The molecule has 1 aromatic carbocycles. The molecule has 0 aliphatic rings. The van der Waals surface area contributed by atoms with Gasteiger partial charge < -0.3 is 10.4 Å². The molecule has 1 rings (SSSR count). The minimum Gasteiger partial charge on any atom is -0.394 e. The van der Waals surface area contributed by atoms with Crippen LogP contribution in [-0.2, 0) is 0 Å². The summed E-state index contributed by atoms with van der Waals surface area (Å²) in [6.07, 6.45) is 1.42. The zero-order valence-electron chi connectivity index (χ0n) is 10.2. The standard InChI is InChI=1S/C13H18BrNO2/c1-3-13(4-2,9-16)15-12(17)10-5-7-11(14)8-6-10/h5-8,16H,3-4,9H2,1-2H3,(H,15,17). The van der Waals surface area contributed by atoms with Gasteiger partial charge in [-0.15, -0.1) is 0 Å². The van der Waals surface area contributed by atoms with Crippen LogP contribution in [0.25, 0.3) is 0 Å². The zero-order chi connectivity index (χ0) is 12.9. The Morgan fingerprint density at radius 2 is 1.82 bits per heavy atom. The first-order valence-corrected chi connectivity index (χ1v) is 6.55. The number of carbonyl (C=O) groups excluding carboxylic acids is 1. The first-order valence-electron chi connectivity index (χ1n) is 5.76. The van der Waals surface area contributed by atoms with E-state index in [9.17, 15) is 9.90 Å². The first-order chi connectivity index (χ1) is 8.06. The SMILES string of the molecule is CCC(CC)(CO)NC(=O)c1ccc(Br)cc1. The zero-order valence-corrected chi connectivity index (χ0v) is 11.8. The molecule has 0 fully saturated rings. The summed E-state index contributed by atoms with van der Waals surface area (Å²) in [6.45, 7) is 3.88. The molecule has 0 unspecified atom stereocenters. The van der Waals surface area contributed by atoms with Crippen LogP contribution in [0.3, 0.4) is 0 Å². The van der Waals surface area contributed by atoms with Crippen molar-refractivity contribution in [3.63, 3.8) is 0 Å². The molecule has 0 aliphatic heterocycles. The van der Waals surface area contributed by atoms with Gasteiger partial charge in [-0.25, -0.2) is 0 Å². The summed E-state index contributed by atoms with van der Waals surface area (Å²) in [4.78, 5) is 12.0. The third kappa shape index (κ3) is 3.54. The Kier molecular flexibility index (Phi) is 5.15. The fraction of sp³-hybridized carbons (Fsp3) is 0.462. The van der Waals surface area contributed by atoms with Crippen LogP contribution in [0.4, 0.5) is 0 Å². The fourth-order valence-corrected chi connectivity index (χ4v) is 1.87. The average molecular weight is 300 g/mol. The van der Waals surface area contributed by atoms with Gasteiger partial charge in [0.15, 0.2) is 0 Å². The lowest BCUT2D eigenvalue weighted by atomic mass is 9.93. The van der Waals surface area contributed by atoms with E-state index in [2.05, 4.69) is 21.2 Å². The van der Waals surface area contributed by atoms with E-state index in [1.165, 1.54) is 0 Å². The summed E-state index contributed by atoms with van der Waals surface area (Å²) in [6, 6.07) is 7.17. The maximum atomic E-state index is 12.0. The van der Waals surface area contributed by atoms with Crippen molar-refractivity contribution in [3.05, 3.63) is 34.3 Å². The van der Waals surface area contributed by atoms with Crippen molar-refractivity contribution in [2.75, 3.05) is 6.61 Å². The van der Waals surface area contributed by atoms with Gasteiger partial charge in [-0.1, -0.05) is 29.8 Å². The Labute approximate surface area is 110 Å². The number of hydrogen-bond donors (Lipinski definition) is 2. The van der Waals surface area contributed by atoms with E-state index >= 15 is 0 Å². The van der Waals surface area contributed by atoms with Crippen molar-refractivity contribution < 1.29 is 9.90 Å². The lowest BCUT2D eigenvalue weighted by molar-refractivity contribution is 0.0818. The summed E-state index contributed by atoms with van der Waals surface area (Å²) in [7, 11) is 0. The molecule has 0 saturated heterocycles. The summed E-state index contributed by atoms with van der Waals surface area (Å²) in [5, 5.41) is 12.3. The van der Waals surface area contributed by atoms with Crippen molar-refractivity contribution in [1.29, 1.82) is 0 Å². The second-order valence-electron chi connectivity index (χ2n) is 4.11. The Bertz CT molecular complexity index is 363. The summed E-state index contributed by atoms with van der Waals surface area (Å²) in [5.74, 6) is -0.143. The molecule has 0 radical (unpaired) electrons. The van der Waals surface area contributed by atoms with E-state index < -0.39 is 5.54 Å². The Hall–Kier alpha value is -0.870. The highest BCUT2D eigenvalue weighted by Crippen LogP contribution is 2.16. The first kappa shape index (κ1) is 14.2. The molecule has 2 N–H and O–H groups in total. The molecule has 0 heterocycles. The number of hydrogen-bond acceptors (Lipinski definition) is 2. The Morgan fingerprint density at radius 3 is 2.24 bits per heavy atom. The molecule has 17 heavy (non-hydrogen) atoms. The molecular weight excluding hydrogens is 282 g/mol. The molecule has 0 atom stereocenters. The predicted octanol–water partition coefficient (Wildman–Crippen LogP) is 2.73. The number of amides is 1. The third-order valence-electron chi connectivity index (χ3n) is 3.14. The van der Waals surface area contributed by atoms with E-state index in [0.717, 1.165) is 4.47 Å². The highest BCUT2D eigenvalue weighted by atomic mass is 79.9. The maximum absolute atomic E-state index is 12.0. The van der Waals surface area contributed by atoms with Gasteiger partial charge in [0.2, 0.25) is 0 Å². The predicted molar refractivity (Wildman–Crippen MR) is 72.0 cm³/mol. The number of nitrogens with one attached hydrogen (secondary N) is 1. The maximum Gasteiger partial charge on any atom is 0.251 e. The second kappa shape index (κ2) is 6.17.